The van der Waals surface area contributed by atoms with Gasteiger partial charge in [-0.2, -0.15) is 10.2 Å². The van der Waals surface area contributed by atoms with Gasteiger partial charge in [0.05, 0.1) is 35.9 Å². The summed E-state index contributed by atoms with van der Waals surface area (Å²) in [6, 6.07) is 11.9. The first-order valence-corrected chi connectivity index (χ1v) is 8.27. The Kier molecular flexibility index (Phi) is 3.96. The van der Waals surface area contributed by atoms with Crippen LogP contribution in [0.25, 0.3) is 11.0 Å². The highest BCUT2D eigenvalue weighted by Crippen LogP contribution is 2.19. The lowest BCUT2D eigenvalue weighted by molar-refractivity contribution is 0.102. The van der Waals surface area contributed by atoms with Gasteiger partial charge >= 0.3 is 0 Å². The van der Waals surface area contributed by atoms with Crippen molar-refractivity contribution in [2.24, 2.45) is 7.05 Å². The van der Waals surface area contributed by atoms with E-state index in [0.29, 0.717) is 17.8 Å². The molecule has 0 aliphatic heterocycles. The molecule has 0 aliphatic rings. The summed E-state index contributed by atoms with van der Waals surface area (Å²) in [4.78, 5) is 16.9. The van der Waals surface area contributed by atoms with Gasteiger partial charge in [-0.1, -0.05) is 30.3 Å². The molecule has 0 saturated heterocycles. The summed E-state index contributed by atoms with van der Waals surface area (Å²) in [5, 5.41) is 12.4. The molecule has 1 amide bonds. The zero-order chi connectivity index (χ0) is 18.1. The van der Waals surface area contributed by atoms with E-state index in [1.807, 2.05) is 50.4 Å². The van der Waals surface area contributed by atoms with Crippen molar-refractivity contribution in [1.82, 2.24) is 24.5 Å². The van der Waals surface area contributed by atoms with Crippen LogP contribution in [0.3, 0.4) is 0 Å². The highest BCUT2D eigenvalue weighted by molar-refractivity contribution is 6.04. The summed E-state index contributed by atoms with van der Waals surface area (Å²) in [6.07, 6.45) is 4.94. The van der Waals surface area contributed by atoms with Crippen molar-refractivity contribution in [2.45, 2.75) is 13.5 Å². The summed E-state index contributed by atoms with van der Waals surface area (Å²) in [7, 11) is 1.85. The zero-order valence-corrected chi connectivity index (χ0v) is 14.5. The fourth-order valence-corrected chi connectivity index (χ4v) is 2.92. The van der Waals surface area contributed by atoms with Gasteiger partial charge in [-0.15, -0.1) is 0 Å². The predicted molar refractivity (Wildman–Crippen MR) is 99.0 cm³/mol. The number of rotatable bonds is 4. The van der Waals surface area contributed by atoms with Gasteiger partial charge in [-0.3, -0.25) is 14.2 Å². The van der Waals surface area contributed by atoms with Gasteiger partial charge in [0.25, 0.3) is 5.91 Å². The lowest BCUT2D eigenvalue weighted by Gasteiger charge is -2.04. The van der Waals surface area contributed by atoms with Crippen LogP contribution in [0.5, 0.6) is 0 Å². The molecule has 1 aromatic carbocycles. The molecular weight excluding hydrogens is 328 g/mol. The highest BCUT2D eigenvalue weighted by atomic mass is 16.1. The van der Waals surface area contributed by atoms with Gasteiger partial charge in [0.2, 0.25) is 0 Å². The van der Waals surface area contributed by atoms with Crippen molar-refractivity contribution in [3.05, 3.63) is 71.8 Å². The monoisotopic (exact) mass is 346 g/mol. The molecule has 0 bridgehead atoms. The van der Waals surface area contributed by atoms with Crippen molar-refractivity contribution in [1.29, 1.82) is 0 Å². The van der Waals surface area contributed by atoms with E-state index in [-0.39, 0.29) is 5.91 Å². The second kappa shape index (κ2) is 6.44. The van der Waals surface area contributed by atoms with E-state index in [2.05, 4.69) is 20.5 Å². The Morgan fingerprint density at radius 1 is 1.19 bits per heavy atom. The number of aromatic nitrogens is 5. The van der Waals surface area contributed by atoms with E-state index in [9.17, 15) is 4.79 Å². The topological polar surface area (TPSA) is 77.6 Å². The average Bonchev–Trinajstić information content (AvgIpc) is 3.21. The van der Waals surface area contributed by atoms with Crippen molar-refractivity contribution in [2.75, 3.05) is 5.32 Å². The van der Waals surface area contributed by atoms with Crippen molar-refractivity contribution >= 4 is 22.6 Å². The minimum atomic E-state index is -0.216. The van der Waals surface area contributed by atoms with E-state index >= 15 is 0 Å². The van der Waals surface area contributed by atoms with E-state index < -0.39 is 0 Å². The molecule has 4 rings (SSSR count). The second-order valence-corrected chi connectivity index (χ2v) is 6.17. The minimum absolute atomic E-state index is 0.216. The first-order chi connectivity index (χ1) is 12.6. The Bertz CT molecular complexity index is 1080. The standard InChI is InChI=1S/C19H18N6O/c1-13-17-8-16(10-20-18(17)24(2)23-13)22-19(26)15-9-21-25(12-15)11-14-6-4-3-5-7-14/h3-10,12H,11H2,1-2H3,(H,22,26). The Morgan fingerprint density at radius 2 is 2.00 bits per heavy atom. The first kappa shape index (κ1) is 16.0. The smallest absolute Gasteiger partial charge is 0.258 e. The Labute approximate surface area is 150 Å². The third kappa shape index (κ3) is 3.06. The Morgan fingerprint density at radius 3 is 2.81 bits per heavy atom. The Balaban J connectivity index is 1.51. The maximum Gasteiger partial charge on any atom is 0.258 e. The predicted octanol–water partition coefficient (Wildman–Crippen LogP) is 2.77. The molecule has 130 valence electrons. The third-order valence-electron chi connectivity index (χ3n) is 4.20. The van der Waals surface area contributed by atoms with Gasteiger partial charge in [-0.25, -0.2) is 4.98 Å². The lowest BCUT2D eigenvalue weighted by atomic mass is 10.2. The lowest BCUT2D eigenvalue weighted by Crippen LogP contribution is -2.11. The maximum atomic E-state index is 12.5. The molecule has 3 heterocycles. The number of pyridine rings is 1. The molecule has 0 unspecified atom stereocenters. The van der Waals surface area contributed by atoms with Crippen LogP contribution in [-0.2, 0) is 13.6 Å². The van der Waals surface area contributed by atoms with Crippen LogP contribution in [-0.4, -0.2) is 30.5 Å². The SMILES string of the molecule is Cc1nn(C)c2ncc(NC(=O)c3cnn(Cc4ccccc4)c3)cc12. The molecule has 3 aromatic heterocycles. The molecule has 1 N–H and O–H groups in total. The summed E-state index contributed by atoms with van der Waals surface area (Å²) < 4.78 is 3.47. The van der Waals surface area contributed by atoms with Crippen molar-refractivity contribution < 1.29 is 4.79 Å². The normalized spacial score (nSPS) is 11.0. The number of nitrogens with one attached hydrogen (secondary N) is 1. The number of aryl methyl sites for hydroxylation is 2. The summed E-state index contributed by atoms with van der Waals surface area (Å²) in [5.74, 6) is -0.216. The number of amides is 1. The average molecular weight is 346 g/mol. The van der Waals surface area contributed by atoms with E-state index in [1.54, 1.807) is 28.0 Å². The number of nitrogens with zero attached hydrogens (tertiary/aromatic N) is 5. The van der Waals surface area contributed by atoms with Gasteiger partial charge in [-0.05, 0) is 18.6 Å². The van der Waals surface area contributed by atoms with Crippen LogP contribution in [0, 0.1) is 6.92 Å². The molecule has 7 heteroatoms. The molecular formula is C19H18N6O. The molecule has 0 fully saturated rings. The largest absolute Gasteiger partial charge is 0.320 e. The van der Waals surface area contributed by atoms with E-state index in [0.717, 1.165) is 22.3 Å². The summed E-state index contributed by atoms with van der Waals surface area (Å²) in [6.45, 7) is 2.54. The van der Waals surface area contributed by atoms with Crippen LogP contribution in [0.2, 0.25) is 0 Å². The van der Waals surface area contributed by atoms with Crippen molar-refractivity contribution in [3.8, 4) is 0 Å². The molecule has 0 atom stereocenters. The number of benzene rings is 1. The number of hydrogen-bond donors (Lipinski definition) is 1. The second-order valence-electron chi connectivity index (χ2n) is 6.17. The molecule has 0 saturated carbocycles. The van der Waals surface area contributed by atoms with Crippen LogP contribution in [0.4, 0.5) is 5.69 Å². The van der Waals surface area contributed by atoms with Crippen molar-refractivity contribution in [3.63, 3.8) is 0 Å². The minimum Gasteiger partial charge on any atom is -0.320 e. The fraction of sp³-hybridized carbons (Fsp3) is 0.158. The summed E-state index contributed by atoms with van der Waals surface area (Å²) >= 11 is 0. The van der Waals surface area contributed by atoms with E-state index in [1.165, 1.54) is 0 Å². The highest BCUT2D eigenvalue weighted by Gasteiger charge is 2.12. The van der Waals surface area contributed by atoms with Gasteiger partial charge < -0.3 is 5.32 Å². The Hall–Kier alpha value is -3.48. The fourth-order valence-electron chi connectivity index (χ4n) is 2.92. The quantitative estimate of drug-likeness (QED) is 0.616. The van der Waals surface area contributed by atoms with Gasteiger partial charge in [0.1, 0.15) is 0 Å². The third-order valence-corrected chi connectivity index (χ3v) is 4.20. The van der Waals surface area contributed by atoms with Crippen LogP contribution >= 0.6 is 0 Å². The number of hydrogen-bond acceptors (Lipinski definition) is 4. The summed E-state index contributed by atoms with van der Waals surface area (Å²) in [5.41, 5.74) is 3.93. The maximum absolute atomic E-state index is 12.5. The number of anilines is 1. The van der Waals surface area contributed by atoms with Crippen LogP contribution < -0.4 is 5.32 Å². The van der Waals surface area contributed by atoms with Crippen LogP contribution in [0.1, 0.15) is 21.6 Å². The van der Waals surface area contributed by atoms with E-state index in [4.69, 9.17) is 0 Å². The first-order valence-electron chi connectivity index (χ1n) is 8.27. The van der Waals surface area contributed by atoms with Gasteiger partial charge in [0, 0.05) is 18.6 Å². The number of carbonyl (C=O) groups excluding carboxylic acids is 1. The number of fused-ring (bicyclic) bond motifs is 1. The van der Waals surface area contributed by atoms with Crippen LogP contribution in [0.15, 0.2) is 55.0 Å². The zero-order valence-electron chi connectivity index (χ0n) is 14.5. The number of carbonyl (C=O) groups is 1. The van der Waals surface area contributed by atoms with Gasteiger partial charge in [0.15, 0.2) is 5.65 Å². The molecule has 0 radical (unpaired) electrons. The molecule has 0 aliphatic carbocycles. The molecule has 7 nitrogen and oxygen atoms in total. The molecule has 4 aromatic rings. The molecule has 0 spiro atoms. The molecule has 26 heavy (non-hydrogen) atoms.